The van der Waals surface area contributed by atoms with E-state index in [9.17, 15) is 0 Å². The highest BCUT2D eigenvalue weighted by atomic mass is 79.9. The Morgan fingerprint density at radius 3 is 2.35 bits per heavy atom. The third-order valence-electron chi connectivity index (χ3n) is 5.25. The van der Waals surface area contributed by atoms with E-state index in [4.69, 9.17) is 0 Å². The van der Waals surface area contributed by atoms with E-state index in [1.165, 1.54) is 76.2 Å². The van der Waals surface area contributed by atoms with Gasteiger partial charge in [-0.05, 0) is 54.7 Å². The van der Waals surface area contributed by atoms with Crippen molar-refractivity contribution in [2.24, 2.45) is 5.92 Å². The molecule has 0 heterocycles. The SMILES string of the molecule is BrC(CC1CCCCCC1)c1ccc2c(c1)CCCC2. The molecule has 1 fully saturated rings. The van der Waals surface area contributed by atoms with Crippen molar-refractivity contribution in [1.82, 2.24) is 0 Å². The Labute approximate surface area is 132 Å². The lowest BCUT2D eigenvalue weighted by molar-refractivity contribution is 0.427. The zero-order valence-corrected chi connectivity index (χ0v) is 14.1. The van der Waals surface area contributed by atoms with Gasteiger partial charge < -0.3 is 0 Å². The van der Waals surface area contributed by atoms with Gasteiger partial charge in [0.05, 0.1) is 0 Å². The van der Waals surface area contributed by atoms with Gasteiger partial charge in [-0.25, -0.2) is 0 Å². The summed E-state index contributed by atoms with van der Waals surface area (Å²) in [6.07, 6.45) is 15.4. The van der Waals surface area contributed by atoms with Gasteiger partial charge >= 0.3 is 0 Å². The van der Waals surface area contributed by atoms with Crippen molar-refractivity contribution in [1.29, 1.82) is 0 Å². The molecule has 0 aliphatic heterocycles. The molecule has 0 aromatic heterocycles. The average molecular weight is 335 g/mol. The molecule has 1 aromatic carbocycles. The molecule has 0 radical (unpaired) electrons. The molecule has 1 heteroatoms. The highest BCUT2D eigenvalue weighted by Gasteiger charge is 2.19. The van der Waals surface area contributed by atoms with Crippen LogP contribution in [0.1, 0.15) is 79.3 Å². The molecular weight excluding hydrogens is 308 g/mol. The van der Waals surface area contributed by atoms with Gasteiger partial charge in [-0.3, -0.25) is 0 Å². The van der Waals surface area contributed by atoms with Crippen LogP contribution in [0.4, 0.5) is 0 Å². The van der Waals surface area contributed by atoms with Gasteiger partial charge in [-0.2, -0.15) is 0 Å². The monoisotopic (exact) mass is 334 g/mol. The van der Waals surface area contributed by atoms with E-state index in [0.717, 1.165) is 5.92 Å². The molecule has 2 aliphatic rings. The van der Waals surface area contributed by atoms with Crippen LogP contribution in [-0.4, -0.2) is 0 Å². The van der Waals surface area contributed by atoms with Crippen LogP contribution in [-0.2, 0) is 12.8 Å². The molecule has 0 amide bonds. The minimum atomic E-state index is 0.567. The Bertz CT molecular complexity index is 429. The van der Waals surface area contributed by atoms with Crippen LogP contribution in [0, 0.1) is 5.92 Å². The van der Waals surface area contributed by atoms with Crippen LogP contribution in [0.2, 0.25) is 0 Å². The fourth-order valence-electron chi connectivity index (χ4n) is 3.98. The molecule has 3 rings (SSSR count). The summed E-state index contributed by atoms with van der Waals surface area (Å²) < 4.78 is 0. The molecule has 20 heavy (non-hydrogen) atoms. The van der Waals surface area contributed by atoms with Crippen molar-refractivity contribution in [3.8, 4) is 0 Å². The van der Waals surface area contributed by atoms with Crippen molar-refractivity contribution in [3.05, 3.63) is 34.9 Å². The maximum Gasteiger partial charge on any atom is 0.0398 e. The molecule has 1 saturated carbocycles. The second-order valence-corrected chi connectivity index (χ2v) is 7.90. The summed E-state index contributed by atoms with van der Waals surface area (Å²) in [5, 5.41) is 0. The Balaban J connectivity index is 1.65. The maximum atomic E-state index is 3.97. The number of hydrogen-bond acceptors (Lipinski definition) is 0. The summed E-state index contributed by atoms with van der Waals surface area (Å²) in [5.41, 5.74) is 4.75. The number of halogens is 1. The summed E-state index contributed by atoms with van der Waals surface area (Å²) in [5.74, 6) is 0.943. The minimum absolute atomic E-state index is 0.567. The number of fused-ring (bicyclic) bond motifs is 1. The second-order valence-electron chi connectivity index (χ2n) is 6.80. The van der Waals surface area contributed by atoms with Crippen LogP contribution in [0.5, 0.6) is 0 Å². The molecule has 1 unspecified atom stereocenters. The molecule has 0 saturated heterocycles. The van der Waals surface area contributed by atoms with Crippen LogP contribution < -0.4 is 0 Å². The molecule has 1 aromatic rings. The minimum Gasteiger partial charge on any atom is -0.0839 e. The summed E-state index contributed by atoms with van der Waals surface area (Å²) in [7, 11) is 0. The molecule has 0 bridgehead atoms. The second kappa shape index (κ2) is 7.11. The summed E-state index contributed by atoms with van der Waals surface area (Å²) in [4.78, 5) is 0.567. The van der Waals surface area contributed by atoms with Gasteiger partial charge in [0.15, 0.2) is 0 Å². The highest BCUT2D eigenvalue weighted by molar-refractivity contribution is 9.09. The highest BCUT2D eigenvalue weighted by Crippen LogP contribution is 2.37. The van der Waals surface area contributed by atoms with E-state index in [2.05, 4.69) is 34.1 Å². The van der Waals surface area contributed by atoms with Gasteiger partial charge in [0.25, 0.3) is 0 Å². The van der Waals surface area contributed by atoms with E-state index >= 15 is 0 Å². The third kappa shape index (κ3) is 3.67. The fraction of sp³-hybridized carbons (Fsp3) is 0.684. The van der Waals surface area contributed by atoms with Crippen molar-refractivity contribution in [3.63, 3.8) is 0 Å². The van der Waals surface area contributed by atoms with Crippen LogP contribution in [0.3, 0.4) is 0 Å². The fourth-order valence-corrected chi connectivity index (χ4v) is 4.79. The first-order valence-electron chi connectivity index (χ1n) is 8.59. The van der Waals surface area contributed by atoms with Gasteiger partial charge in [0.2, 0.25) is 0 Å². The molecule has 0 N–H and O–H groups in total. The number of hydrogen-bond donors (Lipinski definition) is 0. The molecule has 0 nitrogen and oxygen atoms in total. The Kier molecular flexibility index (Phi) is 5.20. The zero-order valence-electron chi connectivity index (χ0n) is 12.5. The smallest absolute Gasteiger partial charge is 0.0398 e. The van der Waals surface area contributed by atoms with E-state index in [1.54, 1.807) is 11.1 Å². The van der Waals surface area contributed by atoms with Crippen molar-refractivity contribution < 1.29 is 0 Å². The first kappa shape index (κ1) is 14.6. The average Bonchev–Trinajstić information content (AvgIpc) is 2.75. The Morgan fingerprint density at radius 2 is 1.60 bits per heavy atom. The molecule has 2 aliphatic carbocycles. The maximum absolute atomic E-state index is 3.97. The van der Waals surface area contributed by atoms with Gasteiger partial charge in [0.1, 0.15) is 0 Å². The van der Waals surface area contributed by atoms with Crippen LogP contribution >= 0.6 is 15.9 Å². The van der Waals surface area contributed by atoms with E-state index in [-0.39, 0.29) is 0 Å². The lowest BCUT2D eigenvalue weighted by atomic mass is 9.88. The predicted molar refractivity (Wildman–Crippen MR) is 90.6 cm³/mol. The number of benzene rings is 1. The Hall–Kier alpha value is -0.300. The van der Waals surface area contributed by atoms with Crippen molar-refractivity contribution in [2.45, 2.75) is 75.5 Å². The van der Waals surface area contributed by atoms with Crippen molar-refractivity contribution in [2.75, 3.05) is 0 Å². The Morgan fingerprint density at radius 1 is 0.900 bits per heavy atom. The quantitative estimate of drug-likeness (QED) is 0.445. The first-order valence-corrected chi connectivity index (χ1v) is 9.50. The number of alkyl halides is 1. The third-order valence-corrected chi connectivity index (χ3v) is 6.15. The van der Waals surface area contributed by atoms with Gasteiger partial charge in [-0.15, -0.1) is 0 Å². The van der Waals surface area contributed by atoms with Crippen molar-refractivity contribution >= 4 is 15.9 Å². The lowest BCUT2D eigenvalue weighted by Gasteiger charge is -2.21. The van der Waals surface area contributed by atoms with E-state index in [1.807, 2.05) is 0 Å². The van der Waals surface area contributed by atoms with Gasteiger partial charge in [0, 0.05) is 4.83 Å². The number of aryl methyl sites for hydroxylation is 2. The summed E-state index contributed by atoms with van der Waals surface area (Å²) >= 11 is 3.97. The van der Waals surface area contributed by atoms with E-state index < -0.39 is 0 Å². The first-order chi connectivity index (χ1) is 9.83. The molecular formula is C19H27Br. The molecule has 0 spiro atoms. The normalized spacial score (nSPS) is 22.1. The largest absolute Gasteiger partial charge is 0.0839 e. The molecule has 1 atom stereocenters. The van der Waals surface area contributed by atoms with Gasteiger partial charge in [-0.1, -0.05) is 72.7 Å². The van der Waals surface area contributed by atoms with Crippen LogP contribution in [0.25, 0.3) is 0 Å². The topological polar surface area (TPSA) is 0 Å². The number of rotatable bonds is 3. The summed E-state index contributed by atoms with van der Waals surface area (Å²) in [6, 6.07) is 7.26. The van der Waals surface area contributed by atoms with E-state index in [0.29, 0.717) is 4.83 Å². The molecule has 110 valence electrons. The summed E-state index contributed by atoms with van der Waals surface area (Å²) in [6.45, 7) is 0. The standard InChI is InChI=1S/C19H27Br/c20-19(13-15-7-3-1-2-4-8-15)18-12-11-16-9-5-6-10-17(16)14-18/h11-12,14-15,19H,1-10,13H2. The van der Waals surface area contributed by atoms with Crippen LogP contribution in [0.15, 0.2) is 18.2 Å². The zero-order chi connectivity index (χ0) is 13.8. The lowest BCUT2D eigenvalue weighted by Crippen LogP contribution is -2.06. The predicted octanol–water partition coefficient (Wildman–Crippen LogP) is 6.36.